The number of nitrogens with one attached hydrogen (secondary N) is 1. The number of alkyl halides is 3. The summed E-state index contributed by atoms with van der Waals surface area (Å²) in [6.07, 6.45) is -3.06. The average molecular weight is 524 g/mol. The average Bonchev–Trinajstić information content (AvgIpc) is 3.26. The van der Waals surface area contributed by atoms with E-state index >= 15 is 0 Å². The summed E-state index contributed by atoms with van der Waals surface area (Å²) in [4.78, 5) is 51.8. The molecule has 1 amide bonds. The number of benzene rings is 1. The number of rotatable bonds is 9. The normalized spacial score (nSPS) is 15.5. The van der Waals surface area contributed by atoms with Crippen molar-refractivity contribution in [2.24, 2.45) is 0 Å². The maximum Gasteiger partial charge on any atom is 0.491 e. The number of nitrogens with zero attached hydrogens (tertiary/aromatic N) is 1. The van der Waals surface area contributed by atoms with Gasteiger partial charge in [-0.3, -0.25) is 9.59 Å². The molecule has 1 N–H and O–H groups in total. The molecule has 1 saturated heterocycles. The summed E-state index contributed by atoms with van der Waals surface area (Å²) in [5, 5.41) is 2.76. The number of ether oxygens (including phenoxy) is 4. The van der Waals surface area contributed by atoms with Crippen LogP contribution >= 0.6 is 0 Å². The van der Waals surface area contributed by atoms with Gasteiger partial charge in [-0.05, 0) is 38.5 Å². The third-order valence-corrected chi connectivity index (χ3v) is 5.22. The van der Waals surface area contributed by atoms with Crippen molar-refractivity contribution in [3.8, 4) is 17.4 Å². The van der Waals surface area contributed by atoms with E-state index < -0.39 is 29.5 Å². The molecule has 13 heteroatoms. The highest BCUT2D eigenvalue weighted by atomic mass is 19.4. The number of aromatic nitrogens is 1. The zero-order valence-corrected chi connectivity index (χ0v) is 20.0. The van der Waals surface area contributed by atoms with Gasteiger partial charge in [-0.15, -0.1) is 0 Å². The molecule has 198 valence electrons. The van der Waals surface area contributed by atoms with E-state index in [1.165, 1.54) is 43.6 Å². The number of methoxy groups -OCH3 is 1. The molecule has 2 aromatic rings. The van der Waals surface area contributed by atoms with Crippen molar-refractivity contribution in [1.82, 2.24) is 10.3 Å². The summed E-state index contributed by atoms with van der Waals surface area (Å²) in [5.41, 5.74) is -2.04. The monoisotopic (exact) mass is 524 g/mol. The van der Waals surface area contributed by atoms with Gasteiger partial charge in [-0.1, -0.05) is 0 Å². The van der Waals surface area contributed by atoms with Crippen molar-refractivity contribution in [2.45, 2.75) is 44.5 Å². The van der Waals surface area contributed by atoms with Gasteiger partial charge in [0.25, 0.3) is 0 Å². The van der Waals surface area contributed by atoms with Crippen LogP contribution in [0.1, 0.15) is 42.6 Å². The molecular formula is C24H23F3N2O8. The van der Waals surface area contributed by atoms with Crippen LogP contribution in [0.2, 0.25) is 0 Å². The molecule has 1 aromatic heterocycles. The topological polar surface area (TPSA) is 130 Å². The minimum atomic E-state index is -5.38. The van der Waals surface area contributed by atoms with Crippen molar-refractivity contribution in [2.75, 3.05) is 13.7 Å². The molecule has 3 rings (SSSR count). The number of hydrogen-bond acceptors (Lipinski definition) is 9. The van der Waals surface area contributed by atoms with Crippen LogP contribution < -0.4 is 19.5 Å². The van der Waals surface area contributed by atoms with Gasteiger partial charge in [-0.2, -0.15) is 13.2 Å². The fraction of sp³-hybridized carbons (Fsp3) is 0.375. The molecule has 37 heavy (non-hydrogen) atoms. The zero-order chi connectivity index (χ0) is 27.4. The van der Waals surface area contributed by atoms with Gasteiger partial charge >= 0.3 is 18.1 Å². The largest absolute Gasteiger partial charge is 0.497 e. The minimum Gasteiger partial charge on any atom is -0.497 e. The van der Waals surface area contributed by atoms with Crippen LogP contribution in [0.3, 0.4) is 0 Å². The Labute approximate surface area is 209 Å². The highest BCUT2D eigenvalue weighted by molar-refractivity contribution is 6.10. The summed E-state index contributed by atoms with van der Waals surface area (Å²) in [5.74, 6) is -4.70. The summed E-state index contributed by atoms with van der Waals surface area (Å²) in [6, 6.07) is 6.81. The molecule has 0 spiro atoms. The number of ketones is 1. The van der Waals surface area contributed by atoms with Gasteiger partial charge in [-0.25, -0.2) is 14.6 Å². The number of esters is 2. The number of halogens is 3. The van der Waals surface area contributed by atoms with E-state index in [0.29, 0.717) is 12.8 Å². The Morgan fingerprint density at radius 2 is 1.84 bits per heavy atom. The Bertz CT molecular complexity index is 1200. The minimum absolute atomic E-state index is 0.0524. The smallest absolute Gasteiger partial charge is 0.491 e. The molecular weight excluding hydrogens is 501 g/mol. The van der Waals surface area contributed by atoms with Crippen LogP contribution in [-0.4, -0.2) is 60.1 Å². The fourth-order valence-electron chi connectivity index (χ4n) is 3.23. The maximum absolute atomic E-state index is 13.2. The van der Waals surface area contributed by atoms with Crippen LogP contribution in [0.4, 0.5) is 13.2 Å². The van der Waals surface area contributed by atoms with Gasteiger partial charge < -0.3 is 24.3 Å². The summed E-state index contributed by atoms with van der Waals surface area (Å²) < 4.78 is 57.6. The van der Waals surface area contributed by atoms with E-state index in [-0.39, 0.29) is 47.1 Å². The fourth-order valence-corrected chi connectivity index (χ4v) is 3.23. The Morgan fingerprint density at radius 1 is 1.11 bits per heavy atom. The van der Waals surface area contributed by atoms with Crippen LogP contribution in [0.5, 0.6) is 17.4 Å². The van der Waals surface area contributed by atoms with Crippen molar-refractivity contribution in [1.29, 1.82) is 0 Å². The summed E-state index contributed by atoms with van der Waals surface area (Å²) in [6.45, 7) is 2.37. The molecule has 0 bridgehead atoms. The third-order valence-electron chi connectivity index (χ3n) is 5.22. The van der Waals surface area contributed by atoms with Gasteiger partial charge in [0.05, 0.1) is 18.7 Å². The number of hydrogen-bond donors (Lipinski definition) is 1. The molecule has 0 radical (unpaired) electrons. The van der Waals surface area contributed by atoms with E-state index in [2.05, 4.69) is 15.0 Å². The second kappa shape index (κ2) is 10.8. The Kier molecular flexibility index (Phi) is 8.04. The molecule has 1 fully saturated rings. The van der Waals surface area contributed by atoms with Crippen LogP contribution in [-0.2, 0) is 19.1 Å². The van der Waals surface area contributed by atoms with E-state index in [0.717, 1.165) is 13.8 Å². The third kappa shape index (κ3) is 6.96. The van der Waals surface area contributed by atoms with Gasteiger partial charge in [0.15, 0.2) is 5.78 Å². The SMILES string of the molecule is COc1ccc(C(=O)c2ccc(OC[C@@H]3CCC(=O)N3)nc2)c(OC(C)(C)C(=O)OC(=O)C(F)(F)F)c1. The van der Waals surface area contributed by atoms with Gasteiger partial charge in [0.1, 0.15) is 18.1 Å². The first-order valence-corrected chi connectivity index (χ1v) is 10.9. The molecule has 0 unspecified atom stereocenters. The standard InChI is InChI=1S/C24H23F3N2O8/c1-23(2,21(32)36-22(33)24(25,26)27)37-17-10-15(34-3)6-7-16(17)20(31)13-4-9-19(28-11-13)35-12-14-5-8-18(30)29-14/h4,6-7,9-11,14H,5,8,12H2,1-3H3,(H,29,30)/t14-/m0/s1. The zero-order valence-electron chi connectivity index (χ0n) is 20.0. The van der Waals surface area contributed by atoms with Crippen LogP contribution in [0.15, 0.2) is 36.5 Å². The van der Waals surface area contributed by atoms with Crippen LogP contribution in [0.25, 0.3) is 0 Å². The van der Waals surface area contributed by atoms with E-state index in [1.807, 2.05) is 0 Å². The summed E-state index contributed by atoms with van der Waals surface area (Å²) in [7, 11) is 1.33. The lowest BCUT2D eigenvalue weighted by Crippen LogP contribution is -2.43. The number of carbonyl (C=O) groups is 4. The predicted octanol–water partition coefficient (Wildman–Crippen LogP) is 2.77. The first-order valence-electron chi connectivity index (χ1n) is 10.9. The van der Waals surface area contributed by atoms with Crippen LogP contribution in [0, 0.1) is 0 Å². The van der Waals surface area contributed by atoms with Gasteiger partial charge in [0, 0.05) is 30.3 Å². The maximum atomic E-state index is 13.2. The molecule has 1 aromatic carbocycles. The first-order chi connectivity index (χ1) is 17.3. The lowest BCUT2D eigenvalue weighted by Gasteiger charge is -2.25. The highest BCUT2D eigenvalue weighted by Gasteiger charge is 2.45. The number of pyridine rings is 1. The lowest BCUT2D eigenvalue weighted by molar-refractivity contribution is -0.206. The van der Waals surface area contributed by atoms with Crippen molar-refractivity contribution >= 4 is 23.6 Å². The Morgan fingerprint density at radius 3 is 2.41 bits per heavy atom. The molecule has 10 nitrogen and oxygen atoms in total. The second-order valence-electron chi connectivity index (χ2n) is 8.48. The van der Waals surface area contributed by atoms with Crippen molar-refractivity contribution in [3.63, 3.8) is 0 Å². The lowest BCUT2D eigenvalue weighted by atomic mass is 10.0. The molecule has 1 aliphatic rings. The molecule has 0 aliphatic carbocycles. The van der Waals surface area contributed by atoms with E-state index in [4.69, 9.17) is 14.2 Å². The Balaban J connectivity index is 1.77. The second-order valence-corrected chi connectivity index (χ2v) is 8.48. The molecule has 2 heterocycles. The van der Waals surface area contributed by atoms with Crippen molar-refractivity contribution in [3.05, 3.63) is 47.7 Å². The molecule has 1 atom stereocenters. The Hall–Kier alpha value is -4.16. The predicted molar refractivity (Wildman–Crippen MR) is 119 cm³/mol. The molecule has 1 aliphatic heterocycles. The highest BCUT2D eigenvalue weighted by Crippen LogP contribution is 2.31. The van der Waals surface area contributed by atoms with Crippen molar-refractivity contribution < 1.29 is 51.3 Å². The van der Waals surface area contributed by atoms with Gasteiger partial charge in [0.2, 0.25) is 17.4 Å². The van der Waals surface area contributed by atoms with E-state index in [1.54, 1.807) is 0 Å². The quantitative estimate of drug-likeness (QED) is 0.299. The number of carbonyl (C=O) groups excluding carboxylic acids is 4. The summed E-state index contributed by atoms with van der Waals surface area (Å²) >= 11 is 0. The number of amides is 1. The molecule has 0 saturated carbocycles. The van der Waals surface area contributed by atoms with E-state index in [9.17, 15) is 32.3 Å². The first kappa shape index (κ1) is 27.4.